The highest BCUT2D eigenvalue weighted by Crippen LogP contribution is 2.28. The molecule has 2 aromatic rings. The van der Waals surface area contributed by atoms with Crippen molar-refractivity contribution in [2.75, 3.05) is 17.0 Å². The Hall–Kier alpha value is -1.37. The van der Waals surface area contributed by atoms with Crippen LogP contribution in [-0.2, 0) is 10.0 Å². The van der Waals surface area contributed by atoms with Gasteiger partial charge in [0, 0.05) is 24.2 Å². The molecule has 112 valence electrons. The number of benzene rings is 1. The van der Waals surface area contributed by atoms with Crippen LogP contribution in [0.1, 0.15) is 12.8 Å². The monoisotopic (exact) mass is 325 g/mol. The summed E-state index contributed by atoms with van der Waals surface area (Å²) in [6, 6.07) is 7.40. The molecule has 0 radical (unpaired) electrons. The average Bonchev–Trinajstić information content (AvgIpc) is 3.26. The third-order valence-corrected chi connectivity index (χ3v) is 4.97. The van der Waals surface area contributed by atoms with E-state index in [0.29, 0.717) is 28.8 Å². The van der Waals surface area contributed by atoms with Crippen LogP contribution in [0, 0.1) is 0 Å². The minimum Gasteiger partial charge on any atom is -0.313 e. The number of halogens is 1. The Morgan fingerprint density at radius 2 is 2.10 bits per heavy atom. The second kappa shape index (κ2) is 5.79. The Bertz CT molecular complexity index is 760. The van der Waals surface area contributed by atoms with Gasteiger partial charge in [0.15, 0.2) is 0 Å². The molecule has 0 bridgehead atoms. The van der Waals surface area contributed by atoms with E-state index in [1.165, 1.54) is 0 Å². The normalized spacial score (nSPS) is 15.3. The highest BCUT2D eigenvalue weighted by Gasteiger charge is 2.21. The van der Waals surface area contributed by atoms with Gasteiger partial charge in [-0.2, -0.15) is 0 Å². The number of nitrogens with one attached hydrogen (secondary N) is 2. The Balaban J connectivity index is 1.78. The summed E-state index contributed by atoms with van der Waals surface area (Å²) in [7, 11) is -3.40. The van der Waals surface area contributed by atoms with Crippen molar-refractivity contribution < 1.29 is 8.42 Å². The molecule has 3 rings (SSSR count). The molecule has 1 aliphatic rings. The molecule has 1 heterocycles. The van der Waals surface area contributed by atoms with Gasteiger partial charge in [-0.15, -0.1) is 0 Å². The SMILES string of the molecule is O=S(=O)(CCNC1CC1)Nc1ccc(Cl)c2cccnc12. The lowest BCUT2D eigenvalue weighted by Gasteiger charge is -2.11. The molecule has 1 aliphatic carbocycles. The summed E-state index contributed by atoms with van der Waals surface area (Å²) in [6.45, 7) is 0.457. The van der Waals surface area contributed by atoms with Crippen LogP contribution >= 0.6 is 11.6 Å². The molecule has 2 N–H and O–H groups in total. The van der Waals surface area contributed by atoms with Crippen LogP contribution < -0.4 is 10.0 Å². The van der Waals surface area contributed by atoms with E-state index in [9.17, 15) is 8.42 Å². The summed E-state index contributed by atoms with van der Waals surface area (Å²) >= 11 is 6.10. The number of nitrogens with zero attached hydrogens (tertiary/aromatic N) is 1. The number of pyridine rings is 1. The minimum absolute atomic E-state index is 0.0421. The summed E-state index contributed by atoms with van der Waals surface area (Å²) in [4.78, 5) is 4.22. The number of hydrogen-bond donors (Lipinski definition) is 2. The first-order chi connectivity index (χ1) is 10.1. The van der Waals surface area contributed by atoms with E-state index < -0.39 is 10.0 Å². The standard InChI is InChI=1S/C14H16ClN3O2S/c15-12-5-6-13(14-11(12)2-1-7-17-14)18-21(19,20)9-8-16-10-3-4-10/h1-2,5-7,10,16,18H,3-4,8-9H2. The molecule has 0 unspecified atom stereocenters. The topological polar surface area (TPSA) is 71.1 Å². The molecule has 7 heteroatoms. The van der Waals surface area contributed by atoms with Crippen LogP contribution in [0.2, 0.25) is 5.02 Å². The van der Waals surface area contributed by atoms with E-state index in [1.807, 2.05) is 6.07 Å². The number of sulfonamides is 1. The highest BCUT2D eigenvalue weighted by atomic mass is 35.5. The van der Waals surface area contributed by atoms with Crippen molar-refractivity contribution in [3.05, 3.63) is 35.5 Å². The largest absolute Gasteiger partial charge is 0.313 e. The summed E-state index contributed by atoms with van der Waals surface area (Å²) in [6.07, 6.45) is 3.89. The maximum Gasteiger partial charge on any atom is 0.234 e. The van der Waals surface area contributed by atoms with Gasteiger partial charge in [0.25, 0.3) is 0 Å². The second-order valence-electron chi connectivity index (χ2n) is 5.14. The van der Waals surface area contributed by atoms with Crippen LogP contribution in [0.3, 0.4) is 0 Å². The number of rotatable bonds is 6. The minimum atomic E-state index is -3.40. The van der Waals surface area contributed by atoms with Crippen LogP contribution in [0.5, 0.6) is 0 Å². The summed E-state index contributed by atoms with van der Waals surface area (Å²) in [5.74, 6) is 0.0421. The predicted molar refractivity (Wildman–Crippen MR) is 85.2 cm³/mol. The third kappa shape index (κ3) is 3.64. The first-order valence-corrected chi connectivity index (χ1v) is 8.85. The highest BCUT2D eigenvalue weighted by molar-refractivity contribution is 7.92. The number of fused-ring (bicyclic) bond motifs is 1. The summed E-state index contributed by atoms with van der Waals surface area (Å²) < 4.78 is 26.8. The molecule has 21 heavy (non-hydrogen) atoms. The first kappa shape index (κ1) is 14.6. The van der Waals surface area contributed by atoms with E-state index in [1.54, 1.807) is 24.4 Å². The Morgan fingerprint density at radius 1 is 1.29 bits per heavy atom. The molecule has 1 fully saturated rings. The van der Waals surface area contributed by atoms with E-state index in [2.05, 4.69) is 15.0 Å². The van der Waals surface area contributed by atoms with Crippen LogP contribution in [0.4, 0.5) is 5.69 Å². The fraction of sp³-hybridized carbons (Fsp3) is 0.357. The maximum atomic E-state index is 12.1. The van der Waals surface area contributed by atoms with Crippen LogP contribution in [0.15, 0.2) is 30.5 Å². The maximum absolute atomic E-state index is 12.1. The lowest BCUT2D eigenvalue weighted by molar-refractivity contribution is 0.595. The number of hydrogen-bond acceptors (Lipinski definition) is 4. The quantitative estimate of drug-likeness (QED) is 0.855. The van der Waals surface area contributed by atoms with E-state index >= 15 is 0 Å². The summed E-state index contributed by atoms with van der Waals surface area (Å²) in [5, 5.41) is 4.47. The second-order valence-corrected chi connectivity index (χ2v) is 7.39. The number of aromatic nitrogens is 1. The van der Waals surface area contributed by atoms with Gasteiger partial charge >= 0.3 is 0 Å². The fourth-order valence-corrected chi connectivity index (χ4v) is 3.33. The fourth-order valence-electron chi connectivity index (χ4n) is 2.12. The first-order valence-electron chi connectivity index (χ1n) is 6.82. The van der Waals surface area contributed by atoms with Gasteiger partial charge in [-0.25, -0.2) is 8.42 Å². The van der Waals surface area contributed by atoms with Gasteiger partial charge in [-0.3, -0.25) is 9.71 Å². The molecule has 1 aromatic heterocycles. The lowest BCUT2D eigenvalue weighted by atomic mass is 10.2. The van der Waals surface area contributed by atoms with Crippen molar-refractivity contribution in [2.45, 2.75) is 18.9 Å². The number of anilines is 1. The molecule has 1 saturated carbocycles. The van der Waals surface area contributed by atoms with E-state index in [-0.39, 0.29) is 5.75 Å². The van der Waals surface area contributed by atoms with Gasteiger partial charge in [0.2, 0.25) is 10.0 Å². The molecule has 0 aliphatic heterocycles. The zero-order valence-corrected chi connectivity index (χ0v) is 12.9. The Labute approximate surface area is 128 Å². The van der Waals surface area contributed by atoms with Crippen molar-refractivity contribution >= 4 is 38.2 Å². The van der Waals surface area contributed by atoms with Crippen LogP contribution in [-0.4, -0.2) is 31.7 Å². The Morgan fingerprint density at radius 3 is 2.86 bits per heavy atom. The van der Waals surface area contributed by atoms with Gasteiger partial charge in [0.05, 0.1) is 22.0 Å². The summed E-state index contributed by atoms with van der Waals surface area (Å²) in [5.41, 5.74) is 1.02. The zero-order chi connectivity index (χ0) is 14.9. The van der Waals surface area contributed by atoms with Crippen molar-refractivity contribution in [1.29, 1.82) is 0 Å². The third-order valence-electron chi connectivity index (χ3n) is 3.36. The lowest BCUT2D eigenvalue weighted by Crippen LogP contribution is -2.28. The smallest absolute Gasteiger partial charge is 0.234 e. The Kier molecular flexibility index (Phi) is 4.01. The van der Waals surface area contributed by atoms with Crippen molar-refractivity contribution in [3.8, 4) is 0 Å². The molecule has 0 saturated heterocycles. The molecule has 0 spiro atoms. The van der Waals surface area contributed by atoms with Crippen molar-refractivity contribution in [3.63, 3.8) is 0 Å². The molecular weight excluding hydrogens is 310 g/mol. The average molecular weight is 326 g/mol. The zero-order valence-electron chi connectivity index (χ0n) is 11.3. The molecule has 5 nitrogen and oxygen atoms in total. The molecule has 1 aromatic carbocycles. The molecular formula is C14H16ClN3O2S. The van der Waals surface area contributed by atoms with Gasteiger partial charge in [-0.05, 0) is 37.1 Å². The van der Waals surface area contributed by atoms with Gasteiger partial charge in [-0.1, -0.05) is 11.6 Å². The van der Waals surface area contributed by atoms with Crippen molar-refractivity contribution in [2.24, 2.45) is 0 Å². The molecule has 0 atom stereocenters. The van der Waals surface area contributed by atoms with Crippen LogP contribution in [0.25, 0.3) is 10.9 Å². The predicted octanol–water partition coefficient (Wildman–Crippen LogP) is 2.38. The van der Waals surface area contributed by atoms with E-state index in [0.717, 1.165) is 18.2 Å². The van der Waals surface area contributed by atoms with E-state index in [4.69, 9.17) is 11.6 Å². The van der Waals surface area contributed by atoms with Gasteiger partial charge < -0.3 is 5.32 Å². The molecule has 0 amide bonds. The van der Waals surface area contributed by atoms with Gasteiger partial charge in [0.1, 0.15) is 0 Å². The van der Waals surface area contributed by atoms with Crippen molar-refractivity contribution in [1.82, 2.24) is 10.3 Å².